The van der Waals surface area contributed by atoms with Crippen LogP contribution in [0.15, 0.2) is 18.5 Å². The Hall–Kier alpha value is -2.65. The third-order valence-electron chi connectivity index (χ3n) is 5.50. The van der Waals surface area contributed by atoms with Crippen LogP contribution in [-0.4, -0.2) is 49.3 Å². The lowest BCUT2D eigenvalue weighted by molar-refractivity contribution is -0.173. The SMILES string of the molecule is Cc1cnc(C(=O)N2CCCCC2c2cc3n(n2)[C@@H](C(F)(F)F)C[C@@H](C)N3)cn1. The van der Waals surface area contributed by atoms with Gasteiger partial charge in [0, 0.05) is 24.8 Å². The first-order valence-corrected chi connectivity index (χ1v) is 9.76. The summed E-state index contributed by atoms with van der Waals surface area (Å²) in [4.78, 5) is 22.9. The number of amides is 1. The molecule has 0 aliphatic carbocycles. The highest BCUT2D eigenvalue weighted by molar-refractivity contribution is 5.92. The first-order valence-electron chi connectivity index (χ1n) is 9.76. The number of anilines is 1. The number of rotatable bonds is 2. The second-order valence-electron chi connectivity index (χ2n) is 7.79. The monoisotopic (exact) mass is 408 g/mol. The quantitative estimate of drug-likeness (QED) is 0.821. The third-order valence-corrected chi connectivity index (χ3v) is 5.50. The van der Waals surface area contributed by atoms with Crippen LogP contribution < -0.4 is 5.32 Å². The molecule has 1 saturated heterocycles. The number of hydrogen-bond acceptors (Lipinski definition) is 5. The number of nitrogens with zero attached hydrogens (tertiary/aromatic N) is 5. The molecule has 0 spiro atoms. The van der Waals surface area contributed by atoms with Crippen LogP contribution in [0.2, 0.25) is 0 Å². The van der Waals surface area contributed by atoms with Gasteiger partial charge in [0.2, 0.25) is 0 Å². The van der Waals surface area contributed by atoms with Gasteiger partial charge in [-0.3, -0.25) is 9.78 Å². The summed E-state index contributed by atoms with van der Waals surface area (Å²) in [6.45, 7) is 4.01. The molecule has 1 unspecified atom stereocenters. The van der Waals surface area contributed by atoms with Gasteiger partial charge in [-0.25, -0.2) is 9.67 Å². The molecule has 2 aromatic heterocycles. The molecule has 10 heteroatoms. The second kappa shape index (κ2) is 7.31. The fourth-order valence-electron chi connectivity index (χ4n) is 4.07. The third kappa shape index (κ3) is 3.79. The smallest absolute Gasteiger partial charge is 0.368 e. The maximum Gasteiger partial charge on any atom is 0.410 e. The Morgan fingerprint density at radius 2 is 2.03 bits per heavy atom. The lowest BCUT2D eigenvalue weighted by Gasteiger charge is -2.34. The summed E-state index contributed by atoms with van der Waals surface area (Å²) in [5.41, 5.74) is 1.41. The van der Waals surface area contributed by atoms with Crippen molar-refractivity contribution < 1.29 is 18.0 Å². The van der Waals surface area contributed by atoms with Gasteiger partial charge in [0.1, 0.15) is 11.5 Å². The van der Waals surface area contributed by atoms with Crippen LogP contribution in [0.3, 0.4) is 0 Å². The number of fused-ring (bicyclic) bond motifs is 1. The standard InChI is InChI=1S/C19H23F3N6O/c1-11-7-16(19(20,21)22)28-17(25-11)8-13(26-28)15-5-3-4-6-27(15)18(29)14-10-23-12(2)9-24-14/h8-11,15-16,25H,3-7H2,1-2H3/t11-,15?,16-/m1/s1. The molecule has 4 rings (SSSR count). The first kappa shape index (κ1) is 19.7. The van der Waals surface area contributed by atoms with E-state index in [0.717, 1.165) is 17.5 Å². The molecule has 29 heavy (non-hydrogen) atoms. The van der Waals surface area contributed by atoms with Gasteiger partial charge in [0.05, 0.1) is 23.6 Å². The molecule has 2 aromatic rings. The van der Waals surface area contributed by atoms with E-state index in [9.17, 15) is 18.0 Å². The van der Waals surface area contributed by atoms with E-state index in [1.54, 1.807) is 24.8 Å². The van der Waals surface area contributed by atoms with Crippen LogP contribution in [0.25, 0.3) is 0 Å². The number of carbonyl (C=O) groups excluding carboxylic acids is 1. The fraction of sp³-hybridized carbons (Fsp3) is 0.579. The lowest BCUT2D eigenvalue weighted by atomic mass is 9.99. The number of nitrogens with one attached hydrogen (secondary N) is 1. The van der Waals surface area contributed by atoms with Gasteiger partial charge in [-0.05, 0) is 39.5 Å². The number of likely N-dealkylation sites (tertiary alicyclic amines) is 1. The Kier molecular flexibility index (Phi) is 4.95. The van der Waals surface area contributed by atoms with Crippen molar-refractivity contribution in [1.82, 2.24) is 24.6 Å². The topological polar surface area (TPSA) is 75.9 Å². The highest BCUT2D eigenvalue weighted by Crippen LogP contribution is 2.41. The molecule has 7 nitrogen and oxygen atoms in total. The molecule has 0 radical (unpaired) electrons. The number of aromatic nitrogens is 4. The number of aryl methyl sites for hydroxylation is 1. The summed E-state index contributed by atoms with van der Waals surface area (Å²) in [6.07, 6.45) is 0.856. The van der Waals surface area contributed by atoms with E-state index < -0.39 is 12.2 Å². The van der Waals surface area contributed by atoms with Crippen molar-refractivity contribution in [2.45, 2.75) is 63.8 Å². The Morgan fingerprint density at radius 3 is 2.72 bits per heavy atom. The summed E-state index contributed by atoms with van der Waals surface area (Å²) in [7, 11) is 0. The van der Waals surface area contributed by atoms with E-state index in [1.165, 1.54) is 12.4 Å². The molecule has 0 saturated carbocycles. The Labute approximate surface area is 166 Å². The minimum absolute atomic E-state index is 0.0795. The van der Waals surface area contributed by atoms with Gasteiger partial charge in [-0.1, -0.05) is 0 Å². The number of halogens is 3. The van der Waals surface area contributed by atoms with Gasteiger partial charge >= 0.3 is 6.18 Å². The molecule has 2 aliphatic rings. The van der Waals surface area contributed by atoms with E-state index in [0.29, 0.717) is 30.2 Å². The van der Waals surface area contributed by atoms with Crippen LogP contribution in [0, 0.1) is 6.92 Å². The summed E-state index contributed by atoms with van der Waals surface area (Å²) in [6, 6.07) is -0.724. The zero-order chi connectivity index (χ0) is 20.8. The predicted molar refractivity (Wildman–Crippen MR) is 99.4 cm³/mol. The summed E-state index contributed by atoms with van der Waals surface area (Å²) in [5.74, 6) is 0.0658. The van der Waals surface area contributed by atoms with E-state index in [4.69, 9.17) is 0 Å². The van der Waals surface area contributed by atoms with Crippen molar-refractivity contribution in [1.29, 1.82) is 0 Å². The zero-order valence-corrected chi connectivity index (χ0v) is 16.3. The molecule has 1 amide bonds. The molecular formula is C19H23F3N6O. The first-order chi connectivity index (χ1) is 13.7. The predicted octanol–water partition coefficient (Wildman–Crippen LogP) is 3.66. The van der Waals surface area contributed by atoms with E-state index >= 15 is 0 Å². The van der Waals surface area contributed by atoms with E-state index in [2.05, 4.69) is 20.4 Å². The van der Waals surface area contributed by atoms with Gasteiger partial charge in [-0.2, -0.15) is 18.3 Å². The highest BCUT2D eigenvalue weighted by Gasteiger charge is 2.46. The lowest BCUT2D eigenvalue weighted by Crippen LogP contribution is -2.39. The van der Waals surface area contributed by atoms with Crippen molar-refractivity contribution >= 4 is 11.7 Å². The normalized spacial score (nSPS) is 24.7. The number of carbonyl (C=O) groups is 1. The molecule has 1 N–H and O–H groups in total. The Bertz CT molecular complexity index is 894. The molecule has 156 valence electrons. The number of hydrogen-bond donors (Lipinski definition) is 1. The van der Waals surface area contributed by atoms with Crippen LogP contribution in [0.4, 0.5) is 19.0 Å². The molecule has 1 fully saturated rings. The summed E-state index contributed by atoms with van der Waals surface area (Å²) < 4.78 is 41.6. The zero-order valence-electron chi connectivity index (χ0n) is 16.3. The number of piperidine rings is 1. The van der Waals surface area contributed by atoms with Gasteiger partial charge in [-0.15, -0.1) is 0 Å². The maximum absolute atomic E-state index is 13.5. The van der Waals surface area contributed by atoms with Crippen LogP contribution in [0.1, 0.15) is 66.6 Å². The van der Waals surface area contributed by atoms with E-state index in [1.807, 2.05) is 0 Å². The molecule has 2 aliphatic heterocycles. The molecule has 3 atom stereocenters. The largest absolute Gasteiger partial charge is 0.410 e. The molecule has 0 bridgehead atoms. The van der Waals surface area contributed by atoms with Gasteiger partial charge in [0.15, 0.2) is 6.04 Å². The highest BCUT2D eigenvalue weighted by atomic mass is 19.4. The minimum Gasteiger partial charge on any atom is -0.368 e. The van der Waals surface area contributed by atoms with Crippen molar-refractivity contribution in [2.24, 2.45) is 0 Å². The maximum atomic E-state index is 13.5. The van der Waals surface area contributed by atoms with E-state index in [-0.39, 0.29) is 30.1 Å². The van der Waals surface area contributed by atoms with Crippen LogP contribution >= 0.6 is 0 Å². The summed E-state index contributed by atoms with van der Waals surface area (Å²) >= 11 is 0. The summed E-state index contributed by atoms with van der Waals surface area (Å²) in [5, 5.41) is 7.38. The number of alkyl halides is 3. The van der Waals surface area contributed by atoms with Crippen molar-refractivity contribution in [3.05, 3.63) is 35.5 Å². The molecular weight excluding hydrogens is 385 g/mol. The van der Waals surface area contributed by atoms with Crippen molar-refractivity contribution in [3.63, 3.8) is 0 Å². The van der Waals surface area contributed by atoms with Crippen LogP contribution in [0.5, 0.6) is 0 Å². The van der Waals surface area contributed by atoms with Crippen molar-refractivity contribution in [2.75, 3.05) is 11.9 Å². The van der Waals surface area contributed by atoms with Gasteiger partial charge < -0.3 is 10.2 Å². The fourth-order valence-corrected chi connectivity index (χ4v) is 4.07. The molecule has 4 heterocycles. The molecule has 0 aromatic carbocycles. The van der Waals surface area contributed by atoms with Gasteiger partial charge in [0.25, 0.3) is 5.91 Å². The minimum atomic E-state index is -4.38. The second-order valence-corrected chi connectivity index (χ2v) is 7.79. The Morgan fingerprint density at radius 1 is 1.24 bits per heavy atom. The van der Waals surface area contributed by atoms with Crippen LogP contribution in [-0.2, 0) is 0 Å². The average Bonchev–Trinajstić information content (AvgIpc) is 3.10. The van der Waals surface area contributed by atoms with Crippen molar-refractivity contribution in [3.8, 4) is 0 Å². The Balaban J connectivity index is 1.66. The average molecular weight is 408 g/mol.